The van der Waals surface area contributed by atoms with E-state index in [2.05, 4.69) is 32.6 Å². The number of carboxylic acid groups (broad SMARTS) is 1. The number of ether oxygens (including phenoxy) is 1. The molecule has 5 heteroatoms. The Balaban J connectivity index is 2.57. The van der Waals surface area contributed by atoms with Crippen molar-refractivity contribution in [1.29, 1.82) is 0 Å². The maximum Gasteiger partial charge on any atom is 0.342 e. The van der Waals surface area contributed by atoms with E-state index < -0.39 is 17.3 Å². The number of carboxylic acids is 1. The first kappa shape index (κ1) is 17.4. The van der Waals surface area contributed by atoms with Gasteiger partial charge in [-0.3, -0.25) is 4.90 Å². The second kappa shape index (κ2) is 7.98. The Labute approximate surface area is 125 Å². The summed E-state index contributed by atoms with van der Waals surface area (Å²) in [5.41, 5.74) is -0.401. The highest BCUT2D eigenvalue weighted by atomic mass is 19.1. The molecule has 0 aromatic heterocycles. The highest BCUT2D eigenvalue weighted by Gasteiger charge is 2.17. The SMILES string of the molecule is CC(C)N(CCCOc1cccc(F)c1C(=O)O)C(C)C. The maximum absolute atomic E-state index is 13.5. The van der Waals surface area contributed by atoms with Crippen LogP contribution >= 0.6 is 0 Å². The van der Waals surface area contributed by atoms with Crippen LogP contribution in [0.25, 0.3) is 0 Å². The van der Waals surface area contributed by atoms with Gasteiger partial charge in [-0.1, -0.05) is 6.07 Å². The lowest BCUT2D eigenvalue weighted by Gasteiger charge is -2.30. The van der Waals surface area contributed by atoms with E-state index in [4.69, 9.17) is 9.84 Å². The average Bonchev–Trinajstić information content (AvgIpc) is 2.36. The summed E-state index contributed by atoms with van der Waals surface area (Å²) in [6.45, 7) is 9.75. The molecule has 1 aromatic rings. The molecule has 0 aliphatic carbocycles. The molecule has 4 nitrogen and oxygen atoms in total. The van der Waals surface area contributed by atoms with Gasteiger partial charge in [-0.25, -0.2) is 9.18 Å². The van der Waals surface area contributed by atoms with Gasteiger partial charge in [0.1, 0.15) is 17.1 Å². The van der Waals surface area contributed by atoms with Gasteiger partial charge in [0.2, 0.25) is 0 Å². The predicted octanol–water partition coefficient (Wildman–Crippen LogP) is 3.41. The van der Waals surface area contributed by atoms with Gasteiger partial charge in [-0.05, 0) is 46.2 Å². The van der Waals surface area contributed by atoms with E-state index in [1.807, 2.05) is 0 Å². The quantitative estimate of drug-likeness (QED) is 0.747. The Bertz CT molecular complexity index is 467. The fourth-order valence-corrected chi connectivity index (χ4v) is 2.37. The molecule has 0 atom stereocenters. The van der Waals surface area contributed by atoms with Crippen LogP contribution in [0.5, 0.6) is 5.75 Å². The van der Waals surface area contributed by atoms with Gasteiger partial charge >= 0.3 is 5.97 Å². The van der Waals surface area contributed by atoms with E-state index in [1.165, 1.54) is 12.1 Å². The number of halogens is 1. The third-order valence-corrected chi connectivity index (χ3v) is 3.33. The van der Waals surface area contributed by atoms with E-state index in [0.29, 0.717) is 18.7 Å². The molecule has 0 saturated heterocycles. The highest BCUT2D eigenvalue weighted by Crippen LogP contribution is 2.21. The molecule has 0 fully saturated rings. The molecule has 0 bridgehead atoms. The maximum atomic E-state index is 13.5. The van der Waals surface area contributed by atoms with Crippen molar-refractivity contribution in [3.05, 3.63) is 29.6 Å². The van der Waals surface area contributed by atoms with Crippen LogP contribution in [-0.4, -0.2) is 41.2 Å². The molecule has 0 radical (unpaired) electrons. The standard InChI is InChI=1S/C16H24FNO3/c1-11(2)18(12(3)4)9-6-10-21-14-8-5-7-13(17)15(14)16(19)20/h5,7-8,11-12H,6,9-10H2,1-4H3,(H,19,20). The minimum atomic E-state index is -1.31. The molecule has 0 spiro atoms. The molecule has 0 aliphatic rings. The Hall–Kier alpha value is -1.62. The summed E-state index contributed by atoms with van der Waals surface area (Å²) in [4.78, 5) is 13.4. The number of aromatic carboxylic acids is 1. The van der Waals surface area contributed by atoms with Gasteiger partial charge in [0, 0.05) is 18.6 Å². The highest BCUT2D eigenvalue weighted by molar-refractivity contribution is 5.91. The van der Waals surface area contributed by atoms with Crippen molar-refractivity contribution < 1.29 is 19.0 Å². The van der Waals surface area contributed by atoms with Crippen molar-refractivity contribution in [2.45, 2.75) is 46.2 Å². The van der Waals surface area contributed by atoms with Crippen molar-refractivity contribution in [3.8, 4) is 5.75 Å². The summed E-state index contributed by atoms with van der Waals surface area (Å²) in [5.74, 6) is -2.00. The summed E-state index contributed by atoms with van der Waals surface area (Å²) in [5, 5.41) is 9.01. The van der Waals surface area contributed by atoms with Crippen LogP contribution in [-0.2, 0) is 0 Å². The molecule has 0 amide bonds. The van der Waals surface area contributed by atoms with Gasteiger partial charge in [-0.2, -0.15) is 0 Å². The summed E-state index contributed by atoms with van der Waals surface area (Å²) < 4.78 is 18.9. The molecular formula is C16H24FNO3. The second-order valence-corrected chi connectivity index (χ2v) is 5.55. The van der Waals surface area contributed by atoms with Crippen molar-refractivity contribution in [2.75, 3.05) is 13.2 Å². The molecular weight excluding hydrogens is 273 g/mol. The lowest BCUT2D eigenvalue weighted by Crippen LogP contribution is -2.38. The monoisotopic (exact) mass is 297 g/mol. The largest absolute Gasteiger partial charge is 0.493 e. The first-order chi connectivity index (χ1) is 9.84. The number of hydrogen-bond acceptors (Lipinski definition) is 3. The number of carbonyl (C=O) groups is 1. The van der Waals surface area contributed by atoms with Gasteiger partial charge in [0.25, 0.3) is 0 Å². The number of hydrogen-bond donors (Lipinski definition) is 1. The van der Waals surface area contributed by atoms with Crippen LogP contribution in [0.2, 0.25) is 0 Å². The zero-order valence-corrected chi connectivity index (χ0v) is 13.1. The summed E-state index contributed by atoms with van der Waals surface area (Å²) in [7, 11) is 0. The number of rotatable bonds is 8. The molecule has 0 aliphatic heterocycles. The van der Waals surface area contributed by atoms with Crippen LogP contribution < -0.4 is 4.74 Å². The van der Waals surface area contributed by atoms with E-state index in [0.717, 1.165) is 19.0 Å². The fraction of sp³-hybridized carbons (Fsp3) is 0.562. The van der Waals surface area contributed by atoms with Crippen molar-refractivity contribution in [1.82, 2.24) is 4.90 Å². The summed E-state index contributed by atoms with van der Waals surface area (Å²) >= 11 is 0. The van der Waals surface area contributed by atoms with E-state index in [9.17, 15) is 9.18 Å². The molecule has 0 unspecified atom stereocenters. The van der Waals surface area contributed by atoms with Crippen LogP contribution in [0, 0.1) is 5.82 Å². The van der Waals surface area contributed by atoms with Crippen molar-refractivity contribution >= 4 is 5.97 Å². The Morgan fingerprint density at radius 2 is 1.90 bits per heavy atom. The van der Waals surface area contributed by atoms with Crippen molar-refractivity contribution in [3.63, 3.8) is 0 Å². The van der Waals surface area contributed by atoms with E-state index >= 15 is 0 Å². The van der Waals surface area contributed by atoms with Gasteiger partial charge in [0.15, 0.2) is 0 Å². The molecule has 118 valence electrons. The van der Waals surface area contributed by atoms with E-state index in [1.54, 1.807) is 0 Å². The van der Waals surface area contributed by atoms with Crippen LogP contribution in [0.15, 0.2) is 18.2 Å². The smallest absolute Gasteiger partial charge is 0.342 e. The zero-order valence-electron chi connectivity index (χ0n) is 13.1. The Morgan fingerprint density at radius 1 is 1.29 bits per heavy atom. The van der Waals surface area contributed by atoms with E-state index in [-0.39, 0.29) is 5.75 Å². The van der Waals surface area contributed by atoms with Gasteiger partial charge in [0.05, 0.1) is 6.61 Å². The first-order valence-electron chi connectivity index (χ1n) is 7.25. The lowest BCUT2D eigenvalue weighted by atomic mass is 10.2. The minimum absolute atomic E-state index is 0.0862. The van der Waals surface area contributed by atoms with Crippen molar-refractivity contribution in [2.24, 2.45) is 0 Å². The fourth-order valence-electron chi connectivity index (χ4n) is 2.37. The van der Waals surface area contributed by atoms with Gasteiger partial charge < -0.3 is 9.84 Å². The molecule has 0 heterocycles. The van der Waals surface area contributed by atoms with Crippen LogP contribution in [0.1, 0.15) is 44.5 Å². The Kier molecular flexibility index (Phi) is 6.62. The third kappa shape index (κ3) is 5.01. The first-order valence-corrected chi connectivity index (χ1v) is 7.25. The van der Waals surface area contributed by atoms with Gasteiger partial charge in [-0.15, -0.1) is 0 Å². The molecule has 1 aromatic carbocycles. The average molecular weight is 297 g/mol. The second-order valence-electron chi connectivity index (χ2n) is 5.55. The minimum Gasteiger partial charge on any atom is -0.493 e. The van der Waals surface area contributed by atoms with Crippen LogP contribution in [0.3, 0.4) is 0 Å². The lowest BCUT2D eigenvalue weighted by molar-refractivity contribution is 0.0686. The predicted molar refractivity (Wildman–Crippen MR) is 80.4 cm³/mol. The third-order valence-electron chi connectivity index (χ3n) is 3.33. The molecule has 1 N–H and O–H groups in total. The molecule has 0 saturated carbocycles. The normalized spacial score (nSPS) is 11.4. The summed E-state index contributed by atoms with van der Waals surface area (Å²) in [6, 6.07) is 4.93. The molecule has 1 rings (SSSR count). The zero-order chi connectivity index (χ0) is 16.0. The Morgan fingerprint density at radius 3 is 2.43 bits per heavy atom. The molecule has 21 heavy (non-hydrogen) atoms. The topological polar surface area (TPSA) is 49.8 Å². The van der Waals surface area contributed by atoms with Crippen LogP contribution in [0.4, 0.5) is 4.39 Å². The summed E-state index contributed by atoms with van der Waals surface area (Å²) in [6.07, 6.45) is 0.756. The number of nitrogens with zero attached hydrogens (tertiary/aromatic N) is 1. The number of benzene rings is 1.